The molecule has 0 fully saturated rings. The van der Waals surface area contributed by atoms with E-state index in [2.05, 4.69) is 52.4 Å². The lowest BCUT2D eigenvalue weighted by Gasteiger charge is -2.21. The van der Waals surface area contributed by atoms with Crippen LogP contribution in [0.4, 0.5) is 5.69 Å². The third-order valence-corrected chi connectivity index (χ3v) is 5.81. The maximum absolute atomic E-state index is 6.25. The van der Waals surface area contributed by atoms with Crippen molar-refractivity contribution in [1.29, 1.82) is 0 Å². The Morgan fingerprint density at radius 2 is 2.00 bits per heavy atom. The number of halogens is 2. The Hall–Kier alpha value is -1.84. The van der Waals surface area contributed by atoms with Crippen LogP contribution in [-0.4, -0.2) is 28.5 Å². The molecule has 2 heterocycles. The number of methoxy groups -OCH3 is 1. The second-order valence-electron chi connectivity index (χ2n) is 5.67. The zero-order chi connectivity index (χ0) is 19.0. The Morgan fingerprint density at radius 3 is 2.78 bits per heavy atom. The maximum Gasteiger partial charge on any atom is 0.247 e. The molecule has 4 rings (SSSR count). The second kappa shape index (κ2) is 7.65. The van der Waals surface area contributed by atoms with Crippen LogP contribution in [0.25, 0.3) is 11.3 Å². The van der Waals surface area contributed by atoms with Gasteiger partial charge in [-0.2, -0.15) is 4.98 Å². The Morgan fingerprint density at radius 1 is 1.15 bits per heavy atom. The van der Waals surface area contributed by atoms with Gasteiger partial charge in [0.05, 0.1) is 7.11 Å². The Labute approximate surface area is 177 Å². The molecule has 2 aromatic carbocycles. The number of aromatic nitrogens is 3. The van der Waals surface area contributed by atoms with Gasteiger partial charge in [-0.15, -0.1) is 10.2 Å². The first-order valence-electron chi connectivity index (χ1n) is 7.94. The summed E-state index contributed by atoms with van der Waals surface area (Å²) in [5.41, 5.74) is 3.23. The van der Waals surface area contributed by atoms with E-state index in [1.807, 2.05) is 42.7 Å². The quantitative estimate of drug-likeness (QED) is 0.480. The Bertz CT molecular complexity index is 1020. The molecular formula is C18H14Br2N4O2S. The molecule has 1 N–H and O–H groups in total. The van der Waals surface area contributed by atoms with Crippen LogP contribution >= 0.6 is 43.6 Å². The SMILES string of the molecule is COc1ccc(Br)c([C@H]2Nc3ccc(Br)cc3-c3nnc(SC)nc3O2)c1. The van der Waals surface area contributed by atoms with E-state index in [0.717, 1.165) is 31.5 Å². The van der Waals surface area contributed by atoms with Gasteiger partial charge in [0.1, 0.15) is 5.75 Å². The summed E-state index contributed by atoms with van der Waals surface area (Å²) in [6.07, 6.45) is 1.42. The van der Waals surface area contributed by atoms with Crippen LogP contribution in [0.1, 0.15) is 11.8 Å². The van der Waals surface area contributed by atoms with Gasteiger partial charge < -0.3 is 14.8 Å². The molecular weight excluding hydrogens is 496 g/mol. The van der Waals surface area contributed by atoms with Gasteiger partial charge in [0.25, 0.3) is 0 Å². The molecule has 0 saturated heterocycles. The van der Waals surface area contributed by atoms with Gasteiger partial charge in [-0.3, -0.25) is 0 Å². The monoisotopic (exact) mass is 508 g/mol. The summed E-state index contributed by atoms with van der Waals surface area (Å²) >= 11 is 8.54. The number of nitrogens with one attached hydrogen (secondary N) is 1. The van der Waals surface area contributed by atoms with E-state index in [9.17, 15) is 0 Å². The highest BCUT2D eigenvalue weighted by atomic mass is 79.9. The molecule has 0 bridgehead atoms. The number of benzene rings is 2. The lowest BCUT2D eigenvalue weighted by Crippen LogP contribution is -2.17. The minimum atomic E-state index is -0.484. The predicted octanol–water partition coefficient (Wildman–Crippen LogP) is 5.30. The molecule has 1 aliphatic heterocycles. The highest BCUT2D eigenvalue weighted by Gasteiger charge is 2.27. The van der Waals surface area contributed by atoms with Crippen molar-refractivity contribution in [2.24, 2.45) is 0 Å². The largest absolute Gasteiger partial charge is 0.497 e. The van der Waals surface area contributed by atoms with E-state index in [1.165, 1.54) is 11.8 Å². The molecule has 1 aliphatic rings. The summed E-state index contributed by atoms with van der Waals surface area (Å²) in [5.74, 6) is 1.17. The summed E-state index contributed by atoms with van der Waals surface area (Å²) in [5, 5.41) is 12.5. The average molecular weight is 510 g/mol. The first-order chi connectivity index (χ1) is 13.1. The number of thioether (sulfide) groups is 1. The van der Waals surface area contributed by atoms with Crippen LogP contribution in [0.3, 0.4) is 0 Å². The van der Waals surface area contributed by atoms with Crippen LogP contribution in [-0.2, 0) is 0 Å². The number of nitrogens with zero attached hydrogens (tertiary/aromatic N) is 3. The van der Waals surface area contributed by atoms with Crippen molar-refractivity contribution in [2.75, 3.05) is 18.7 Å². The fourth-order valence-corrected chi connectivity index (χ4v) is 3.86. The molecule has 0 saturated carbocycles. The summed E-state index contributed by atoms with van der Waals surface area (Å²) in [6, 6.07) is 11.7. The predicted molar refractivity (Wildman–Crippen MR) is 112 cm³/mol. The molecule has 0 unspecified atom stereocenters. The van der Waals surface area contributed by atoms with Gasteiger partial charge in [0.2, 0.25) is 11.0 Å². The van der Waals surface area contributed by atoms with Gasteiger partial charge in [0, 0.05) is 25.8 Å². The van der Waals surface area contributed by atoms with Crippen molar-refractivity contribution < 1.29 is 9.47 Å². The molecule has 138 valence electrons. The van der Waals surface area contributed by atoms with E-state index in [0.29, 0.717) is 16.7 Å². The van der Waals surface area contributed by atoms with Gasteiger partial charge in [0.15, 0.2) is 11.9 Å². The van der Waals surface area contributed by atoms with Crippen molar-refractivity contribution in [3.63, 3.8) is 0 Å². The van der Waals surface area contributed by atoms with Crippen molar-refractivity contribution >= 4 is 49.3 Å². The third-order valence-electron chi connectivity index (χ3n) is 4.06. The number of hydrogen-bond donors (Lipinski definition) is 1. The number of anilines is 1. The highest BCUT2D eigenvalue weighted by Crippen LogP contribution is 2.42. The number of rotatable bonds is 3. The van der Waals surface area contributed by atoms with Crippen LogP contribution in [0, 0.1) is 0 Å². The molecule has 6 nitrogen and oxygen atoms in total. The smallest absolute Gasteiger partial charge is 0.247 e. The van der Waals surface area contributed by atoms with Crippen LogP contribution in [0.2, 0.25) is 0 Å². The molecule has 27 heavy (non-hydrogen) atoms. The summed E-state index contributed by atoms with van der Waals surface area (Å²) in [4.78, 5) is 4.53. The zero-order valence-electron chi connectivity index (χ0n) is 14.4. The van der Waals surface area contributed by atoms with E-state index in [1.54, 1.807) is 7.11 Å². The minimum absolute atomic E-state index is 0.429. The summed E-state index contributed by atoms with van der Waals surface area (Å²) in [6.45, 7) is 0. The van der Waals surface area contributed by atoms with Crippen molar-refractivity contribution in [3.8, 4) is 22.9 Å². The lowest BCUT2D eigenvalue weighted by atomic mass is 10.1. The minimum Gasteiger partial charge on any atom is -0.497 e. The zero-order valence-corrected chi connectivity index (χ0v) is 18.4. The van der Waals surface area contributed by atoms with E-state index in [-0.39, 0.29) is 0 Å². The summed E-state index contributed by atoms with van der Waals surface area (Å²) < 4.78 is 13.5. The van der Waals surface area contributed by atoms with Gasteiger partial charge in [-0.1, -0.05) is 43.6 Å². The van der Waals surface area contributed by atoms with Gasteiger partial charge >= 0.3 is 0 Å². The van der Waals surface area contributed by atoms with E-state index in [4.69, 9.17) is 9.47 Å². The van der Waals surface area contributed by atoms with Gasteiger partial charge in [-0.25, -0.2) is 0 Å². The first kappa shape index (κ1) is 18.5. The molecule has 0 amide bonds. The number of fused-ring (bicyclic) bond motifs is 3. The third kappa shape index (κ3) is 3.63. The molecule has 9 heteroatoms. The molecule has 1 aromatic heterocycles. The van der Waals surface area contributed by atoms with Crippen LogP contribution in [0.15, 0.2) is 50.5 Å². The Kier molecular flexibility index (Phi) is 5.25. The van der Waals surface area contributed by atoms with Crippen LogP contribution in [0.5, 0.6) is 11.6 Å². The fraction of sp³-hybridized carbons (Fsp3) is 0.167. The lowest BCUT2D eigenvalue weighted by molar-refractivity contribution is 0.224. The fourth-order valence-electron chi connectivity index (χ4n) is 2.75. The van der Waals surface area contributed by atoms with E-state index >= 15 is 0 Å². The van der Waals surface area contributed by atoms with Crippen LogP contribution < -0.4 is 14.8 Å². The molecule has 0 aliphatic carbocycles. The number of ether oxygens (including phenoxy) is 2. The highest BCUT2D eigenvalue weighted by molar-refractivity contribution is 9.10. The van der Waals surface area contributed by atoms with Crippen molar-refractivity contribution in [3.05, 3.63) is 50.9 Å². The standard InChI is InChI=1S/C18H14Br2N4O2S/c1-25-10-4-5-13(20)11(8-10)16-21-14-6-3-9(19)7-12(14)15-17(26-16)22-18(27-2)24-23-15/h3-8,16,21H,1-2H3/t16-/m0/s1. The molecule has 3 aromatic rings. The molecule has 1 atom stereocenters. The van der Waals surface area contributed by atoms with Crippen molar-refractivity contribution in [1.82, 2.24) is 15.2 Å². The Balaban J connectivity index is 1.89. The molecule has 0 spiro atoms. The van der Waals surface area contributed by atoms with E-state index < -0.39 is 6.23 Å². The first-order valence-corrected chi connectivity index (χ1v) is 10.8. The second-order valence-corrected chi connectivity index (χ2v) is 8.22. The maximum atomic E-state index is 6.25. The normalized spacial score (nSPS) is 15.0. The summed E-state index contributed by atoms with van der Waals surface area (Å²) in [7, 11) is 1.64. The number of hydrogen-bond acceptors (Lipinski definition) is 7. The van der Waals surface area contributed by atoms with Gasteiger partial charge in [-0.05, 0) is 42.7 Å². The van der Waals surface area contributed by atoms with Crippen molar-refractivity contribution in [2.45, 2.75) is 11.4 Å². The molecule has 0 radical (unpaired) electrons. The average Bonchev–Trinajstić information content (AvgIpc) is 2.84. The topological polar surface area (TPSA) is 69.2 Å².